The third-order valence-corrected chi connectivity index (χ3v) is 5.59. The van der Waals surface area contributed by atoms with Gasteiger partial charge in [-0.15, -0.1) is 0 Å². The quantitative estimate of drug-likeness (QED) is 0.697. The number of nitrogens with zero attached hydrogens (tertiary/aromatic N) is 1. The molecule has 152 valence electrons. The van der Waals surface area contributed by atoms with Crippen molar-refractivity contribution in [2.24, 2.45) is 0 Å². The van der Waals surface area contributed by atoms with Gasteiger partial charge in [0.1, 0.15) is 0 Å². The first-order valence-corrected chi connectivity index (χ1v) is 10.7. The zero-order valence-corrected chi connectivity index (χ0v) is 17.7. The fourth-order valence-electron chi connectivity index (χ4n) is 3.43. The summed E-state index contributed by atoms with van der Waals surface area (Å²) in [4.78, 5) is 27.2. The van der Waals surface area contributed by atoms with Crippen LogP contribution < -0.4 is 10.6 Å². The lowest BCUT2D eigenvalue weighted by Gasteiger charge is -2.32. The van der Waals surface area contributed by atoms with Gasteiger partial charge in [-0.25, -0.2) is 0 Å². The molecule has 2 fully saturated rings. The molecular weight excluding hydrogens is 434 g/mol. The van der Waals surface area contributed by atoms with Gasteiger partial charge in [-0.2, -0.15) is 0 Å². The van der Waals surface area contributed by atoms with Crippen molar-refractivity contribution in [1.29, 1.82) is 0 Å². The molecule has 1 unspecified atom stereocenters. The highest BCUT2D eigenvalue weighted by atomic mass is 79.9. The van der Waals surface area contributed by atoms with Gasteiger partial charge in [-0.3, -0.25) is 14.5 Å². The van der Waals surface area contributed by atoms with Crippen molar-refractivity contribution >= 4 is 33.4 Å². The summed E-state index contributed by atoms with van der Waals surface area (Å²) in [6, 6.07) is 15.5. The first kappa shape index (κ1) is 20.1. The van der Waals surface area contributed by atoms with E-state index >= 15 is 0 Å². The van der Waals surface area contributed by atoms with E-state index in [1.165, 1.54) is 0 Å². The molecular formula is C22H24BrN3O3. The SMILES string of the molecule is O=C(CN1CCOC(c2cccc(Br)c2)C1)Nc1ccccc1C(=O)NC1CC1. The predicted octanol–water partition coefficient (Wildman–Crippen LogP) is 3.35. The molecule has 1 saturated carbocycles. The minimum absolute atomic E-state index is 0.0642. The zero-order chi connectivity index (χ0) is 20.2. The Labute approximate surface area is 178 Å². The molecule has 1 atom stereocenters. The van der Waals surface area contributed by atoms with Gasteiger partial charge < -0.3 is 15.4 Å². The second-order valence-electron chi connectivity index (χ2n) is 7.49. The molecule has 2 aromatic rings. The number of hydrogen-bond acceptors (Lipinski definition) is 4. The lowest BCUT2D eigenvalue weighted by atomic mass is 10.1. The van der Waals surface area contributed by atoms with Crippen LogP contribution in [0.5, 0.6) is 0 Å². The Morgan fingerprint density at radius 2 is 1.97 bits per heavy atom. The second kappa shape index (κ2) is 9.07. The molecule has 2 aromatic carbocycles. The molecule has 0 radical (unpaired) electrons. The molecule has 2 amide bonds. The third kappa shape index (κ3) is 5.44. The van der Waals surface area contributed by atoms with Crippen LogP contribution in [0.15, 0.2) is 53.0 Å². The van der Waals surface area contributed by atoms with Crippen molar-refractivity contribution in [3.05, 3.63) is 64.1 Å². The summed E-state index contributed by atoms with van der Waals surface area (Å²) >= 11 is 3.49. The number of nitrogens with one attached hydrogen (secondary N) is 2. The molecule has 0 spiro atoms. The van der Waals surface area contributed by atoms with Gasteiger partial charge in [0.25, 0.3) is 5.91 Å². The smallest absolute Gasteiger partial charge is 0.253 e. The van der Waals surface area contributed by atoms with E-state index in [0.717, 1.165) is 22.9 Å². The highest BCUT2D eigenvalue weighted by Gasteiger charge is 2.26. The average molecular weight is 458 g/mol. The van der Waals surface area contributed by atoms with Crippen molar-refractivity contribution in [3.63, 3.8) is 0 Å². The van der Waals surface area contributed by atoms with E-state index in [2.05, 4.69) is 31.5 Å². The molecule has 2 N–H and O–H groups in total. The molecule has 2 aliphatic rings. The molecule has 6 nitrogen and oxygen atoms in total. The summed E-state index contributed by atoms with van der Waals surface area (Å²) in [5.41, 5.74) is 2.14. The third-order valence-electron chi connectivity index (χ3n) is 5.10. The van der Waals surface area contributed by atoms with Crippen LogP contribution in [0.3, 0.4) is 0 Å². The van der Waals surface area contributed by atoms with Crippen LogP contribution in [0, 0.1) is 0 Å². The monoisotopic (exact) mass is 457 g/mol. The van der Waals surface area contributed by atoms with E-state index in [1.54, 1.807) is 12.1 Å². The van der Waals surface area contributed by atoms with E-state index in [4.69, 9.17) is 4.74 Å². The van der Waals surface area contributed by atoms with E-state index in [1.807, 2.05) is 36.4 Å². The number of benzene rings is 2. The molecule has 0 aromatic heterocycles. The number of carbonyl (C=O) groups is 2. The van der Waals surface area contributed by atoms with Crippen LogP contribution in [0.25, 0.3) is 0 Å². The lowest BCUT2D eigenvalue weighted by molar-refractivity contribution is -0.119. The molecule has 1 aliphatic carbocycles. The molecule has 1 heterocycles. The van der Waals surface area contributed by atoms with Crippen LogP contribution in [-0.2, 0) is 9.53 Å². The highest BCUT2D eigenvalue weighted by molar-refractivity contribution is 9.10. The van der Waals surface area contributed by atoms with Crippen LogP contribution in [0.2, 0.25) is 0 Å². The van der Waals surface area contributed by atoms with Crippen molar-refractivity contribution < 1.29 is 14.3 Å². The number of morpholine rings is 1. The fraction of sp³-hybridized carbons (Fsp3) is 0.364. The number of halogens is 1. The van der Waals surface area contributed by atoms with Gasteiger partial charge in [-0.1, -0.05) is 40.2 Å². The van der Waals surface area contributed by atoms with Gasteiger partial charge in [0, 0.05) is 23.6 Å². The van der Waals surface area contributed by atoms with Crippen LogP contribution >= 0.6 is 15.9 Å². The number of rotatable bonds is 6. The van der Waals surface area contributed by atoms with E-state index < -0.39 is 0 Å². The summed E-state index contributed by atoms with van der Waals surface area (Å²) in [7, 11) is 0. The van der Waals surface area contributed by atoms with Crippen molar-refractivity contribution in [2.75, 3.05) is 31.6 Å². The largest absolute Gasteiger partial charge is 0.371 e. The average Bonchev–Trinajstić information content (AvgIpc) is 3.52. The molecule has 0 bridgehead atoms. The van der Waals surface area contributed by atoms with E-state index in [-0.39, 0.29) is 30.5 Å². The molecule has 1 saturated heterocycles. The number of hydrogen-bond donors (Lipinski definition) is 2. The normalized spacial score (nSPS) is 19.6. The second-order valence-corrected chi connectivity index (χ2v) is 8.41. The molecule has 29 heavy (non-hydrogen) atoms. The molecule has 7 heteroatoms. The highest BCUT2D eigenvalue weighted by Crippen LogP contribution is 2.25. The van der Waals surface area contributed by atoms with Crippen LogP contribution in [0.4, 0.5) is 5.69 Å². The van der Waals surface area contributed by atoms with Gasteiger partial charge in [0.05, 0.1) is 30.5 Å². The minimum Gasteiger partial charge on any atom is -0.371 e. The summed E-state index contributed by atoms with van der Waals surface area (Å²) in [5.74, 6) is -0.268. The fourth-order valence-corrected chi connectivity index (χ4v) is 3.85. The minimum atomic E-state index is -0.135. The van der Waals surface area contributed by atoms with Crippen molar-refractivity contribution in [2.45, 2.75) is 25.0 Å². The summed E-state index contributed by atoms with van der Waals surface area (Å²) < 4.78 is 6.90. The Morgan fingerprint density at radius 1 is 1.14 bits per heavy atom. The standard InChI is InChI=1S/C22H24BrN3O3/c23-16-5-3-4-15(12-16)20-13-26(10-11-29-20)14-21(27)25-19-7-2-1-6-18(19)22(28)24-17-8-9-17/h1-7,12,17,20H,8-11,13-14H2,(H,24,28)(H,25,27). The summed E-state index contributed by atoms with van der Waals surface area (Å²) in [6.45, 7) is 2.17. The number of carbonyl (C=O) groups excluding carboxylic acids is 2. The van der Waals surface area contributed by atoms with E-state index in [9.17, 15) is 9.59 Å². The number of anilines is 1. The van der Waals surface area contributed by atoms with Crippen molar-refractivity contribution in [1.82, 2.24) is 10.2 Å². The maximum atomic E-state index is 12.7. The van der Waals surface area contributed by atoms with Crippen LogP contribution in [0.1, 0.15) is 34.9 Å². The van der Waals surface area contributed by atoms with Gasteiger partial charge in [-0.05, 0) is 42.7 Å². The number of ether oxygens (including phenoxy) is 1. The van der Waals surface area contributed by atoms with E-state index in [0.29, 0.717) is 30.9 Å². The summed E-state index contributed by atoms with van der Waals surface area (Å²) in [5, 5.41) is 5.88. The zero-order valence-electron chi connectivity index (χ0n) is 16.1. The number of amides is 2. The molecule has 1 aliphatic heterocycles. The Morgan fingerprint density at radius 3 is 2.76 bits per heavy atom. The maximum absolute atomic E-state index is 12.7. The van der Waals surface area contributed by atoms with Crippen molar-refractivity contribution in [3.8, 4) is 0 Å². The van der Waals surface area contributed by atoms with Gasteiger partial charge in [0.2, 0.25) is 5.91 Å². The Kier molecular flexibility index (Phi) is 6.28. The first-order chi connectivity index (χ1) is 14.1. The van der Waals surface area contributed by atoms with Gasteiger partial charge in [0.15, 0.2) is 0 Å². The topological polar surface area (TPSA) is 70.7 Å². The van der Waals surface area contributed by atoms with Gasteiger partial charge >= 0.3 is 0 Å². The maximum Gasteiger partial charge on any atom is 0.253 e. The summed E-state index contributed by atoms with van der Waals surface area (Å²) in [6.07, 6.45) is 1.98. The lowest BCUT2D eigenvalue weighted by Crippen LogP contribution is -2.42. The first-order valence-electron chi connectivity index (χ1n) is 9.87. The number of para-hydroxylation sites is 1. The van der Waals surface area contributed by atoms with Crippen LogP contribution in [-0.4, -0.2) is 49.0 Å². The Balaban J connectivity index is 1.36. The predicted molar refractivity (Wildman–Crippen MR) is 115 cm³/mol. The Hall–Kier alpha value is -2.22. The Bertz CT molecular complexity index is 900. The molecule has 4 rings (SSSR count).